The van der Waals surface area contributed by atoms with Crippen molar-refractivity contribution in [2.24, 2.45) is 0 Å². The second kappa shape index (κ2) is 7.37. The van der Waals surface area contributed by atoms with Gasteiger partial charge >= 0.3 is 0 Å². The molecular formula is C30H19Br. The fourth-order valence-electron chi connectivity index (χ4n) is 4.34. The number of hydrogen-bond donors (Lipinski definition) is 0. The molecule has 0 atom stereocenters. The van der Waals surface area contributed by atoms with E-state index in [0.29, 0.717) is 0 Å². The third-order valence-corrected chi connectivity index (χ3v) is 6.81. The van der Waals surface area contributed by atoms with E-state index in [0.717, 1.165) is 4.47 Å². The second-order valence-corrected chi connectivity index (χ2v) is 8.86. The molecule has 0 aliphatic heterocycles. The lowest BCUT2D eigenvalue weighted by Gasteiger charge is -1.97. The van der Waals surface area contributed by atoms with Gasteiger partial charge in [0.05, 0.1) is 0 Å². The Kier molecular flexibility index (Phi) is 4.36. The summed E-state index contributed by atoms with van der Waals surface area (Å²) in [4.78, 5) is 0. The van der Waals surface area contributed by atoms with E-state index in [-0.39, 0.29) is 0 Å². The van der Waals surface area contributed by atoms with Crippen molar-refractivity contribution in [3.63, 3.8) is 0 Å². The summed E-state index contributed by atoms with van der Waals surface area (Å²) in [6.07, 6.45) is 0. The average Bonchev–Trinajstić information content (AvgIpc) is 2.84. The van der Waals surface area contributed by atoms with Gasteiger partial charge in [-0.05, 0) is 58.3 Å². The number of hydrogen-bond acceptors (Lipinski definition) is 0. The zero-order valence-electron chi connectivity index (χ0n) is 16.8. The molecule has 0 amide bonds. The Bertz CT molecular complexity index is 1870. The lowest BCUT2D eigenvalue weighted by Crippen LogP contribution is -1.81. The van der Waals surface area contributed by atoms with Crippen LogP contribution < -0.4 is 0 Å². The molecule has 18 rings (SSSR count). The van der Waals surface area contributed by atoms with Crippen LogP contribution in [0, 0.1) is 52.2 Å². The molecule has 1 heteroatoms. The second-order valence-electron chi connectivity index (χ2n) is 8.00. The standard InChI is InChI=1S/C30H19Br/c31-30-19-28-17-18-29(30)27-15-13-25(14-16-27)23-7-5-21(6-8-23)20-1-3-22(4-2-20)24-9-11-26(28)12-10-24/h1-19H. The van der Waals surface area contributed by atoms with Crippen LogP contribution in [0.3, 0.4) is 0 Å². The van der Waals surface area contributed by atoms with E-state index in [4.69, 9.17) is 0 Å². The third-order valence-electron chi connectivity index (χ3n) is 6.15. The summed E-state index contributed by atoms with van der Waals surface area (Å²) in [6, 6.07) is 41.9. The fourth-order valence-corrected chi connectivity index (χ4v) is 4.94. The number of benzene rings is 5. The highest BCUT2D eigenvalue weighted by atomic mass is 79.9. The molecule has 31 heavy (non-hydrogen) atoms. The largest absolute Gasteiger partial charge is 0.0538 e. The summed E-state index contributed by atoms with van der Waals surface area (Å²) in [7, 11) is 0. The minimum atomic E-state index is 1.11. The van der Waals surface area contributed by atoms with E-state index in [1.54, 1.807) is 0 Å². The summed E-state index contributed by atoms with van der Waals surface area (Å²) in [5, 5.41) is 12.2. The van der Waals surface area contributed by atoms with Gasteiger partial charge < -0.3 is 0 Å². The van der Waals surface area contributed by atoms with Crippen LogP contribution in [0.2, 0.25) is 0 Å². The highest BCUT2D eigenvalue weighted by molar-refractivity contribution is 9.10. The Morgan fingerprint density at radius 1 is 0.290 bits per heavy atom. The first-order valence-electron chi connectivity index (χ1n) is 10.5. The van der Waals surface area contributed by atoms with Crippen molar-refractivity contribution in [2.75, 3.05) is 0 Å². The predicted molar refractivity (Wildman–Crippen MR) is 128 cm³/mol. The van der Waals surface area contributed by atoms with Gasteiger partial charge in [0.15, 0.2) is 0 Å². The summed E-state index contributed by atoms with van der Waals surface area (Å²) < 4.78 is 1.11. The van der Waals surface area contributed by atoms with Gasteiger partial charge in [-0.3, -0.25) is 0 Å². The van der Waals surface area contributed by atoms with Crippen LogP contribution in [0.1, 0.15) is 0 Å². The molecule has 0 aromatic heterocycles. The molecule has 146 valence electrons. The maximum absolute atomic E-state index is 3.80. The minimum absolute atomic E-state index is 1.11. The van der Waals surface area contributed by atoms with Gasteiger partial charge in [0.1, 0.15) is 0 Å². The highest BCUT2D eigenvalue weighted by Gasteiger charge is 1.95. The Labute approximate surface area is 187 Å². The topological polar surface area (TPSA) is 0 Å². The van der Waals surface area contributed by atoms with Crippen LogP contribution in [0.25, 0.3) is 0 Å². The van der Waals surface area contributed by atoms with Crippen molar-refractivity contribution in [1.82, 2.24) is 0 Å². The molecule has 0 nitrogen and oxygen atoms in total. The van der Waals surface area contributed by atoms with Crippen molar-refractivity contribution in [3.8, 4) is 0 Å². The zero-order valence-corrected chi connectivity index (χ0v) is 18.4. The first kappa shape index (κ1) is 18.4. The van der Waals surface area contributed by atoms with Gasteiger partial charge in [0.2, 0.25) is 0 Å². The Hall–Kier alpha value is -3.42. The van der Waals surface area contributed by atoms with Crippen molar-refractivity contribution in [1.29, 1.82) is 0 Å². The van der Waals surface area contributed by atoms with Crippen molar-refractivity contribution < 1.29 is 0 Å². The lowest BCUT2D eigenvalue weighted by atomic mass is 10.1. The van der Waals surface area contributed by atoms with Crippen LogP contribution in [-0.2, 0) is 0 Å². The molecule has 0 saturated heterocycles. The van der Waals surface area contributed by atoms with E-state index in [1.165, 1.54) is 52.2 Å². The fraction of sp³-hybridized carbons (Fsp3) is 0. The third kappa shape index (κ3) is 3.32. The molecule has 13 aliphatic rings. The van der Waals surface area contributed by atoms with E-state index in [2.05, 4.69) is 131 Å². The molecule has 13 aliphatic carbocycles. The maximum atomic E-state index is 3.80. The van der Waals surface area contributed by atoms with Gasteiger partial charge in [0, 0.05) is 4.47 Å². The van der Waals surface area contributed by atoms with Gasteiger partial charge in [-0.15, -0.1) is 0 Å². The van der Waals surface area contributed by atoms with Gasteiger partial charge in [-0.1, -0.05) is 125 Å². The van der Waals surface area contributed by atoms with Crippen LogP contribution in [-0.4, -0.2) is 0 Å². The van der Waals surface area contributed by atoms with Crippen LogP contribution in [0.5, 0.6) is 0 Å². The monoisotopic (exact) mass is 458 g/mol. The smallest absolute Gasteiger partial charge is 0.0259 e. The molecule has 0 radical (unpaired) electrons. The summed E-state index contributed by atoms with van der Waals surface area (Å²) in [6.45, 7) is 0. The Morgan fingerprint density at radius 3 is 0.871 bits per heavy atom. The lowest BCUT2D eigenvalue weighted by molar-refractivity contribution is 1.37. The molecule has 10 bridgehead atoms. The SMILES string of the molecule is Brc1cc2ccc1=c1ccc(cc1)=c1ccc(cc1)=c1ccc(cc1)=c1ccc=2cc1. The maximum Gasteiger partial charge on any atom is 0.0259 e. The average molecular weight is 459 g/mol. The summed E-state index contributed by atoms with van der Waals surface area (Å²) >= 11 is 3.80. The number of halogens is 1. The van der Waals surface area contributed by atoms with Crippen LogP contribution >= 0.6 is 15.9 Å². The van der Waals surface area contributed by atoms with Gasteiger partial charge in [0.25, 0.3) is 0 Å². The predicted octanol–water partition coefficient (Wildman–Crippen LogP) is 7.20. The molecular weight excluding hydrogens is 440 g/mol. The summed E-state index contributed by atoms with van der Waals surface area (Å²) in [5.41, 5.74) is 0. The number of rotatable bonds is 0. The molecule has 0 spiro atoms. The quantitative estimate of drug-likeness (QED) is 0.225. The highest BCUT2D eigenvalue weighted by Crippen LogP contribution is 2.15. The normalized spacial score (nSPS) is 11.4. The molecule has 0 saturated carbocycles. The van der Waals surface area contributed by atoms with Crippen molar-refractivity contribution >= 4 is 15.9 Å². The molecule has 5 aromatic rings. The molecule has 5 aromatic carbocycles. The molecule has 0 heterocycles. The zero-order chi connectivity index (χ0) is 20.8. The van der Waals surface area contributed by atoms with E-state index in [1.807, 2.05) is 0 Å². The van der Waals surface area contributed by atoms with Crippen molar-refractivity contribution in [3.05, 3.63) is 172 Å². The van der Waals surface area contributed by atoms with E-state index in [9.17, 15) is 0 Å². The first-order valence-corrected chi connectivity index (χ1v) is 11.3. The molecule has 0 unspecified atom stereocenters. The molecule has 0 N–H and O–H groups in total. The van der Waals surface area contributed by atoms with E-state index >= 15 is 0 Å². The summed E-state index contributed by atoms with van der Waals surface area (Å²) in [5.74, 6) is 0. The van der Waals surface area contributed by atoms with Gasteiger partial charge in [-0.25, -0.2) is 0 Å². The minimum Gasteiger partial charge on any atom is -0.0538 e. The molecule has 0 fully saturated rings. The van der Waals surface area contributed by atoms with E-state index < -0.39 is 0 Å². The first-order chi connectivity index (χ1) is 15.2. The Balaban J connectivity index is 1.86. The van der Waals surface area contributed by atoms with Crippen molar-refractivity contribution in [2.45, 2.75) is 0 Å². The Morgan fingerprint density at radius 2 is 0.548 bits per heavy atom. The van der Waals surface area contributed by atoms with Gasteiger partial charge in [-0.2, -0.15) is 0 Å². The van der Waals surface area contributed by atoms with Crippen LogP contribution in [0.4, 0.5) is 0 Å². The van der Waals surface area contributed by atoms with Crippen LogP contribution in [0.15, 0.2) is 120 Å².